The molecular weight excluding hydrogens is 274 g/mol. The molecule has 0 spiro atoms. The molecule has 1 aromatic heterocycles. The second-order valence-electron chi connectivity index (χ2n) is 2.83. The molecule has 15 heavy (non-hydrogen) atoms. The number of halogens is 3. The molecule has 82 valence electrons. The molecule has 1 rings (SSSR count). The highest BCUT2D eigenvalue weighted by Gasteiger charge is 2.26. The van der Waals surface area contributed by atoms with Gasteiger partial charge in [0.1, 0.15) is 5.56 Å². The van der Waals surface area contributed by atoms with Gasteiger partial charge in [0.05, 0.1) is 10.6 Å². The highest BCUT2D eigenvalue weighted by atomic mass is 79.9. The van der Waals surface area contributed by atoms with Gasteiger partial charge in [-0.25, -0.2) is 8.78 Å². The molecular formula is C8H7BrF2N2O2. The molecule has 4 nitrogen and oxygen atoms in total. The first-order valence-electron chi connectivity index (χ1n) is 3.96. The molecule has 0 unspecified atom stereocenters. The summed E-state index contributed by atoms with van der Waals surface area (Å²) in [6.07, 6.45) is -2.03. The topological polar surface area (TPSA) is 56.0 Å². The van der Waals surface area contributed by atoms with Crippen LogP contribution < -0.4 is 0 Å². The average Bonchev–Trinajstić information content (AvgIpc) is 2.16. The van der Waals surface area contributed by atoms with Crippen LogP contribution in [0.5, 0.6) is 0 Å². The van der Waals surface area contributed by atoms with E-state index in [0.717, 1.165) is 6.20 Å². The van der Waals surface area contributed by atoms with Crippen molar-refractivity contribution >= 4 is 21.6 Å². The molecule has 0 atom stereocenters. The van der Waals surface area contributed by atoms with E-state index < -0.39 is 22.6 Å². The van der Waals surface area contributed by atoms with Crippen LogP contribution in [0, 0.1) is 17.0 Å². The third-order valence-electron chi connectivity index (χ3n) is 1.97. The van der Waals surface area contributed by atoms with Crippen molar-refractivity contribution in [1.82, 2.24) is 4.98 Å². The van der Waals surface area contributed by atoms with Crippen LogP contribution in [-0.2, 0) is 5.33 Å². The highest BCUT2D eigenvalue weighted by molar-refractivity contribution is 9.08. The van der Waals surface area contributed by atoms with E-state index in [9.17, 15) is 18.9 Å². The lowest BCUT2D eigenvalue weighted by molar-refractivity contribution is -0.387. The monoisotopic (exact) mass is 280 g/mol. The summed E-state index contributed by atoms with van der Waals surface area (Å²) in [6, 6.07) is 0. The Morgan fingerprint density at radius 1 is 1.67 bits per heavy atom. The molecule has 0 N–H and O–H groups in total. The molecule has 0 aliphatic carbocycles. The lowest BCUT2D eigenvalue weighted by Gasteiger charge is -2.06. The van der Waals surface area contributed by atoms with Gasteiger partial charge in [-0.2, -0.15) is 0 Å². The van der Waals surface area contributed by atoms with Crippen LogP contribution in [0.2, 0.25) is 0 Å². The van der Waals surface area contributed by atoms with Crippen molar-refractivity contribution in [2.45, 2.75) is 18.7 Å². The molecule has 0 aliphatic heterocycles. The van der Waals surface area contributed by atoms with E-state index in [1.165, 1.54) is 6.92 Å². The van der Waals surface area contributed by atoms with Gasteiger partial charge in [-0.05, 0) is 6.92 Å². The quantitative estimate of drug-likeness (QED) is 0.486. The predicted octanol–water partition coefficient (Wildman–Crippen LogP) is 3.13. The Bertz CT molecular complexity index is 398. The number of nitro groups is 1. The Kier molecular flexibility index (Phi) is 3.67. The van der Waals surface area contributed by atoms with Crippen LogP contribution in [0.3, 0.4) is 0 Å². The molecule has 1 heterocycles. The summed E-state index contributed by atoms with van der Waals surface area (Å²) in [5.41, 5.74) is -0.613. The standard InChI is InChI=1S/C8H7BrF2N2O2/c1-4-6(2-9)12-3-5(8(10)11)7(4)13(14)15/h3,8H,2H2,1H3. The fourth-order valence-corrected chi connectivity index (χ4v) is 1.76. The Morgan fingerprint density at radius 3 is 2.67 bits per heavy atom. The van der Waals surface area contributed by atoms with Crippen molar-refractivity contribution in [3.05, 3.63) is 33.1 Å². The summed E-state index contributed by atoms with van der Waals surface area (Å²) in [6.45, 7) is 1.41. The molecule has 1 aromatic rings. The Morgan fingerprint density at radius 2 is 2.27 bits per heavy atom. The van der Waals surface area contributed by atoms with Gasteiger partial charge < -0.3 is 0 Å². The van der Waals surface area contributed by atoms with E-state index in [4.69, 9.17) is 0 Å². The second kappa shape index (κ2) is 4.61. The van der Waals surface area contributed by atoms with E-state index in [-0.39, 0.29) is 5.56 Å². The predicted molar refractivity (Wildman–Crippen MR) is 53.2 cm³/mol. The normalized spacial score (nSPS) is 10.7. The van der Waals surface area contributed by atoms with Crippen LogP contribution >= 0.6 is 15.9 Å². The largest absolute Gasteiger partial charge is 0.284 e. The molecule has 0 saturated heterocycles. The van der Waals surface area contributed by atoms with Crippen LogP contribution in [0.15, 0.2) is 6.20 Å². The van der Waals surface area contributed by atoms with Gasteiger partial charge >= 0.3 is 0 Å². The van der Waals surface area contributed by atoms with Gasteiger partial charge in [-0.15, -0.1) is 0 Å². The van der Waals surface area contributed by atoms with Gasteiger partial charge in [0.25, 0.3) is 12.1 Å². The van der Waals surface area contributed by atoms with E-state index >= 15 is 0 Å². The van der Waals surface area contributed by atoms with E-state index in [1.807, 2.05) is 0 Å². The fraction of sp³-hybridized carbons (Fsp3) is 0.375. The van der Waals surface area contributed by atoms with Crippen molar-refractivity contribution in [3.8, 4) is 0 Å². The van der Waals surface area contributed by atoms with Gasteiger partial charge in [0.15, 0.2) is 0 Å². The first-order valence-corrected chi connectivity index (χ1v) is 5.08. The third-order valence-corrected chi connectivity index (χ3v) is 2.50. The van der Waals surface area contributed by atoms with Crippen molar-refractivity contribution in [2.75, 3.05) is 0 Å². The Balaban J connectivity index is 3.44. The van der Waals surface area contributed by atoms with Crippen LogP contribution in [-0.4, -0.2) is 9.91 Å². The van der Waals surface area contributed by atoms with Crippen molar-refractivity contribution in [2.24, 2.45) is 0 Å². The lowest BCUT2D eigenvalue weighted by Crippen LogP contribution is -2.03. The minimum atomic E-state index is -2.89. The molecule has 7 heteroatoms. The molecule has 0 aromatic carbocycles. The first kappa shape index (κ1) is 12.0. The highest BCUT2D eigenvalue weighted by Crippen LogP contribution is 2.32. The van der Waals surface area contributed by atoms with Gasteiger partial charge in [0.2, 0.25) is 0 Å². The number of rotatable bonds is 3. The number of pyridine rings is 1. The lowest BCUT2D eigenvalue weighted by atomic mass is 10.1. The summed E-state index contributed by atoms with van der Waals surface area (Å²) < 4.78 is 24.9. The molecule has 0 fully saturated rings. The number of alkyl halides is 3. The number of nitrogens with zero attached hydrogens (tertiary/aromatic N) is 2. The van der Waals surface area contributed by atoms with Crippen LogP contribution in [0.1, 0.15) is 23.2 Å². The van der Waals surface area contributed by atoms with Gasteiger partial charge in [-0.3, -0.25) is 15.1 Å². The summed E-state index contributed by atoms with van der Waals surface area (Å²) >= 11 is 3.08. The maximum Gasteiger partial charge on any atom is 0.284 e. The molecule has 0 bridgehead atoms. The Hall–Kier alpha value is -1.11. The zero-order valence-corrected chi connectivity index (χ0v) is 9.29. The second-order valence-corrected chi connectivity index (χ2v) is 3.39. The minimum Gasteiger partial charge on any atom is -0.259 e. The maximum atomic E-state index is 12.4. The molecule has 0 aliphatic rings. The smallest absolute Gasteiger partial charge is 0.259 e. The first-order chi connectivity index (χ1) is 6.99. The van der Waals surface area contributed by atoms with Gasteiger partial charge in [-0.1, -0.05) is 15.9 Å². The van der Waals surface area contributed by atoms with Crippen molar-refractivity contribution in [3.63, 3.8) is 0 Å². The molecule has 0 radical (unpaired) electrons. The minimum absolute atomic E-state index is 0.176. The van der Waals surface area contributed by atoms with Gasteiger partial charge in [0, 0.05) is 17.1 Å². The van der Waals surface area contributed by atoms with Crippen molar-refractivity contribution in [1.29, 1.82) is 0 Å². The third kappa shape index (κ3) is 2.28. The zero-order valence-electron chi connectivity index (χ0n) is 7.71. The van der Waals surface area contributed by atoms with E-state index in [2.05, 4.69) is 20.9 Å². The fourth-order valence-electron chi connectivity index (χ4n) is 1.20. The SMILES string of the molecule is Cc1c(CBr)ncc(C(F)F)c1[N+](=O)[O-]. The van der Waals surface area contributed by atoms with Crippen LogP contribution in [0.4, 0.5) is 14.5 Å². The maximum absolute atomic E-state index is 12.4. The molecule has 0 amide bonds. The number of aromatic nitrogens is 1. The summed E-state index contributed by atoms with van der Waals surface area (Å²) in [4.78, 5) is 13.6. The summed E-state index contributed by atoms with van der Waals surface area (Å²) in [5.74, 6) is 0. The number of hydrogen-bond donors (Lipinski definition) is 0. The average molecular weight is 281 g/mol. The van der Waals surface area contributed by atoms with E-state index in [0.29, 0.717) is 11.0 Å². The number of hydrogen-bond acceptors (Lipinski definition) is 3. The zero-order chi connectivity index (χ0) is 11.6. The Labute approximate surface area is 92.6 Å². The summed E-state index contributed by atoms with van der Waals surface area (Å²) in [7, 11) is 0. The van der Waals surface area contributed by atoms with Crippen molar-refractivity contribution < 1.29 is 13.7 Å². The molecule has 0 saturated carbocycles. The summed E-state index contributed by atoms with van der Waals surface area (Å²) in [5, 5.41) is 10.9. The van der Waals surface area contributed by atoms with E-state index in [1.54, 1.807) is 0 Å². The van der Waals surface area contributed by atoms with Crippen LogP contribution in [0.25, 0.3) is 0 Å².